The summed E-state index contributed by atoms with van der Waals surface area (Å²) in [5.74, 6) is -0.516. The van der Waals surface area contributed by atoms with E-state index in [-0.39, 0.29) is 11.6 Å². The summed E-state index contributed by atoms with van der Waals surface area (Å²) in [5.41, 5.74) is 0.883. The third kappa shape index (κ3) is 3.53. The van der Waals surface area contributed by atoms with Crippen LogP contribution in [0.5, 0.6) is 0 Å². The first-order chi connectivity index (χ1) is 9.92. The molecule has 2 rings (SSSR count). The summed E-state index contributed by atoms with van der Waals surface area (Å²) < 4.78 is 18.1. The summed E-state index contributed by atoms with van der Waals surface area (Å²) in [7, 11) is 3.42. The average Bonchev–Trinajstić information content (AvgIpc) is 2.45. The SMILES string of the molecule is COC(=O)c1cc(F)ccc1NC1CC(C)N(C)CC1C. The Labute approximate surface area is 125 Å². The predicted octanol–water partition coefficient (Wildman–Crippen LogP) is 2.75. The molecule has 1 aromatic rings. The molecule has 0 spiro atoms. The number of hydrogen-bond acceptors (Lipinski definition) is 4. The highest BCUT2D eigenvalue weighted by atomic mass is 19.1. The zero-order chi connectivity index (χ0) is 15.6. The van der Waals surface area contributed by atoms with Gasteiger partial charge in [-0.05, 0) is 44.5 Å². The van der Waals surface area contributed by atoms with E-state index < -0.39 is 11.8 Å². The largest absolute Gasteiger partial charge is 0.465 e. The van der Waals surface area contributed by atoms with E-state index in [1.54, 1.807) is 6.07 Å². The van der Waals surface area contributed by atoms with Gasteiger partial charge in [-0.3, -0.25) is 0 Å². The number of ether oxygens (including phenoxy) is 1. The first-order valence-electron chi connectivity index (χ1n) is 7.27. The van der Waals surface area contributed by atoms with E-state index >= 15 is 0 Å². The van der Waals surface area contributed by atoms with Crippen LogP contribution in [-0.2, 0) is 4.74 Å². The number of carbonyl (C=O) groups excluding carboxylic acids is 1. The highest BCUT2D eigenvalue weighted by Gasteiger charge is 2.29. The zero-order valence-electron chi connectivity index (χ0n) is 13.0. The molecule has 0 aliphatic carbocycles. The smallest absolute Gasteiger partial charge is 0.340 e. The third-order valence-electron chi connectivity index (χ3n) is 4.34. The maximum absolute atomic E-state index is 13.4. The summed E-state index contributed by atoms with van der Waals surface area (Å²) in [6.45, 7) is 5.36. The molecule has 3 atom stereocenters. The molecule has 1 aliphatic heterocycles. The van der Waals surface area contributed by atoms with Crippen LogP contribution in [0.3, 0.4) is 0 Å². The average molecular weight is 294 g/mol. The molecule has 4 nitrogen and oxygen atoms in total. The van der Waals surface area contributed by atoms with Gasteiger partial charge in [-0.2, -0.15) is 0 Å². The molecule has 21 heavy (non-hydrogen) atoms. The number of carbonyl (C=O) groups is 1. The number of benzene rings is 1. The van der Waals surface area contributed by atoms with E-state index in [4.69, 9.17) is 4.74 Å². The fraction of sp³-hybridized carbons (Fsp3) is 0.562. The van der Waals surface area contributed by atoms with Crippen molar-refractivity contribution in [1.82, 2.24) is 4.90 Å². The Kier molecular flexibility index (Phi) is 4.83. The molecule has 1 fully saturated rings. The summed E-state index contributed by atoms with van der Waals surface area (Å²) in [6.07, 6.45) is 0.982. The molecular formula is C16H23FN2O2. The molecule has 1 saturated heterocycles. The van der Waals surface area contributed by atoms with Crippen LogP contribution >= 0.6 is 0 Å². The van der Waals surface area contributed by atoms with E-state index in [2.05, 4.69) is 31.1 Å². The number of anilines is 1. The quantitative estimate of drug-likeness (QED) is 0.870. The number of likely N-dealkylation sites (tertiary alicyclic amines) is 1. The molecule has 0 bridgehead atoms. The van der Waals surface area contributed by atoms with Crippen LogP contribution in [0, 0.1) is 11.7 Å². The van der Waals surface area contributed by atoms with Crippen LogP contribution in [-0.4, -0.2) is 43.7 Å². The van der Waals surface area contributed by atoms with Crippen LogP contribution in [0.25, 0.3) is 0 Å². The van der Waals surface area contributed by atoms with E-state index in [1.165, 1.54) is 19.2 Å². The van der Waals surface area contributed by atoms with Crippen molar-refractivity contribution >= 4 is 11.7 Å². The topological polar surface area (TPSA) is 41.6 Å². The standard InChI is InChI=1S/C16H23FN2O2/c1-10-9-19(3)11(2)7-15(10)18-14-6-5-12(17)8-13(14)16(20)21-4/h5-6,8,10-11,15,18H,7,9H2,1-4H3. The number of methoxy groups -OCH3 is 1. The molecule has 1 N–H and O–H groups in total. The van der Waals surface area contributed by atoms with Crippen LogP contribution in [0.2, 0.25) is 0 Å². The van der Waals surface area contributed by atoms with Crippen molar-refractivity contribution in [3.63, 3.8) is 0 Å². The predicted molar refractivity (Wildman–Crippen MR) is 81.0 cm³/mol. The first-order valence-corrected chi connectivity index (χ1v) is 7.27. The van der Waals surface area contributed by atoms with Gasteiger partial charge in [-0.25, -0.2) is 9.18 Å². The number of nitrogens with zero attached hydrogens (tertiary/aromatic N) is 1. The lowest BCUT2D eigenvalue weighted by atomic mass is 9.89. The van der Waals surface area contributed by atoms with Gasteiger partial charge >= 0.3 is 5.97 Å². The normalized spacial score (nSPS) is 26.4. The van der Waals surface area contributed by atoms with Gasteiger partial charge in [0.15, 0.2) is 0 Å². The van der Waals surface area contributed by atoms with Gasteiger partial charge in [0.2, 0.25) is 0 Å². The van der Waals surface area contributed by atoms with E-state index in [0.29, 0.717) is 17.6 Å². The fourth-order valence-corrected chi connectivity index (χ4v) is 2.86. The second-order valence-electron chi connectivity index (χ2n) is 5.93. The van der Waals surface area contributed by atoms with Crippen molar-refractivity contribution in [2.45, 2.75) is 32.4 Å². The highest BCUT2D eigenvalue weighted by Crippen LogP contribution is 2.26. The number of nitrogens with one attached hydrogen (secondary N) is 1. The second-order valence-corrected chi connectivity index (χ2v) is 5.93. The van der Waals surface area contributed by atoms with Crippen molar-refractivity contribution in [1.29, 1.82) is 0 Å². The monoisotopic (exact) mass is 294 g/mol. The van der Waals surface area contributed by atoms with Gasteiger partial charge in [0.1, 0.15) is 5.82 Å². The van der Waals surface area contributed by atoms with E-state index in [1.807, 2.05) is 0 Å². The summed E-state index contributed by atoms with van der Waals surface area (Å²) in [5, 5.41) is 3.40. The maximum Gasteiger partial charge on any atom is 0.340 e. The lowest BCUT2D eigenvalue weighted by Gasteiger charge is -2.40. The summed E-state index contributed by atoms with van der Waals surface area (Å²) in [6, 6.07) is 4.91. The lowest BCUT2D eigenvalue weighted by Crippen LogP contribution is -2.48. The first kappa shape index (κ1) is 15.8. The van der Waals surface area contributed by atoms with Crippen LogP contribution in [0.15, 0.2) is 18.2 Å². The summed E-state index contributed by atoms with van der Waals surface area (Å²) >= 11 is 0. The molecule has 1 heterocycles. The molecule has 3 unspecified atom stereocenters. The van der Waals surface area contributed by atoms with Gasteiger partial charge in [-0.1, -0.05) is 6.92 Å². The highest BCUT2D eigenvalue weighted by molar-refractivity contribution is 5.95. The van der Waals surface area contributed by atoms with E-state index in [9.17, 15) is 9.18 Å². The minimum Gasteiger partial charge on any atom is -0.465 e. The van der Waals surface area contributed by atoms with Gasteiger partial charge in [0.05, 0.1) is 12.7 Å². The van der Waals surface area contributed by atoms with Gasteiger partial charge in [-0.15, -0.1) is 0 Å². The zero-order valence-corrected chi connectivity index (χ0v) is 13.0. The molecule has 5 heteroatoms. The Bertz CT molecular complexity index is 521. The van der Waals surface area contributed by atoms with Gasteiger partial charge < -0.3 is 15.0 Å². The molecule has 0 amide bonds. The second kappa shape index (κ2) is 6.43. The lowest BCUT2D eigenvalue weighted by molar-refractivity contribution is 0.0601. The van der Waals surface area contributed by atoms with Crippen molar-refractivity contribution < 1.29 is 13.9 Å². The Morgan fingerprint density at radius 1 is 1.43 bits per heavy atom. The molecule has 1 aliphatic rings. The van der Waals surface area contributed by atoms with Gasteiger partial charge in [0.25, 0.3) is 0 Å². The number of piperidine rings is 1. The van der Waals surface area contributed by atoms with Crippen LogP contribution in [0.4, 0.5) is 10.1 Å². The molecule has 1 aromatic carbocycles. The number of halogens is 1. The Morgan fingerprint density at radius 3 is 2.81 bits per heavy atom. The molecule has 0 aromatic heterocycles. The minimum atomic E-state index is -0.523. The fourth-order valence-electron chi connectivity index (χ4n) is 2.86. The number of hydrogen-bond donors (Lipinski definition) is 1. The summed E-state index contributed by atoms with van der Waals surface area (Å²) in [4.78, 5) is 14.1. The van der Waals surface area contributed by atoms with Crippen LogP contribution in [0.1, 0.15) is 30.6 Å². The molecule has 0 radical (unpaired) electrons. The number of rotatable bonds is 3. The molecule has 116 valence electrons. The maximum atomic E-state index is 13.4. The van der Waals surface area contributed by atoms with Crippen molar-refractivity contribution in [2.24, 2.45) is 5.92 Å². The Balaban J connectivity index is 2.21. The Hall–Kier alpha value is -1.62. The Morgan fingerprint density at radius 2 is 2.14 bits per heavy atom. The molecular weight excluding hydrogens is 271 g/mol. The minimum absolute atomic E-state index is 0.247. The van der Waals surface area contributed by atoms with Crippen molar-refractivity contribution in [3.05, 3.63) is 29.6 Å². The molecule has 0 saturated carbocycles. The van der Waals surface area contributed by atoms with E-state index in [0.717, 1.165) is 13.0 Å². The third-order valence-corrected chi connectivity index (χ3v) is 4.34. The van der Waals surface area contributed by atoms with Crippen molar-refractivity contribution in [3.8, 4) is 0 Å². The van der Waals surface area contributed by atoms with Gasteiger partial charge in [0, 0.05) is 24.3 Å². The van der Waals surface area contributed by atoms with Crippen LogP contribution < -0.4 is 5.32 Å². The number of esters is 1. The van der Waals surface area contributed by atoms with Crippen molar-refractivity contribution in [2.75, 3.05) is 26.0 Å².